The summed E-state index contributed by atoms with van der Waals surface area (Å²) in [7, 11) is 0. The Morgan fingerprint density at radius 3 is 2.41 bits per heavy atom. The largest absolute Gasteiger partial charge is 0.494 e. The maximum Gasteiger partial charge on any atom is 0.421 e. The number of aromatic hydroxyl groups is 1. The zero-order valence-corrected chi connectivity index (χ0v) is 18.0. The first-order valence-corrected chi connectivity index (χ1v) is 10.8. The molecule has 1 fully saturated rings. The van der Waals surface area contributed by atoms with Crippen LogP contribution >= 0.6 is 0 Å². The second-order valence-corrected chi connectivity index (χ2v) is 9.26. The number of Topliss-reactive ketones (excluding diaryl/α,β-unsaturated/α-hetero) is 1. The number of unbranched alkanes of at least 4 members (excludes halogenated alkanes) is 1. The average Bonchev–Trinajstić information content (AvgIpc) is 2.96. The zero-order valence-electron chi connectivity index (χ0n) is 18.0. The number of ketones is 1. The Morgan fingerprint density at radius 1 is 1.14 bits per heavy atom. The molecular weight excluding hydrogens is 366 g/mol. The molecule has 0 unspecified atom stereocenters. The lowest BCUT2D eigenvalue weighted by atomic mass is 9.77. The normalized spacial score (nSPS) is 20.0. The van der Waals surface area contributed by atoms with Gasteiger partial charge < -0.3 is 9.84 Å². The van der Waals surface area contributed by atoms with Crippen LogP contribution in [0.4, 0.5) is 4.79 Å². The minimum Gasteiger partial charge on any atom is -0.494 e. The molecule has 0 saturated heterocycles. The summed E-state index contributed by atoms with van der Waals surface area (Å²) in [4.78, 5) is 26.1. The second-order valence-electron chi connectivity index (χ2n) is 9.26. The third-order valence-electron chi connectivity index (χ3n) is 5.86. The van der Waals surface area contributed by atoms with Crippen LogP contribution in [0.1, 0.15) is 83.0 Å². The summed E-state index contributed by atoms with van der Waals surface area (Å²) in [5, 5.41) is 11.5. The number of para-hydroxylation sites is 1. The van der Waals surface area contributed by atoms with Crippen LogP contribution in [0.3, 0.4) is 0 Å². The molecule has 0 atom stereocenters. The summed E-state index contributed by atoms with van der Waals surface area (Å²) in [5.41, 5.74) is 0.0540. The van der Waals surface area contributed by atoms with Crippen molar-refractivity contribution >= 4 is 22.8 Å². The highest BCUT2D eigenvalue weighted by atomic mass is 16.6. The molecule has 158 valence electrons. The molecule has 0 amide bonds. The highest BCUT2D eigenvalue weighted by Crippen LogP contribution is 2.39. The third kappa shape index (κ3) is 4.65. The van der Waals surface area contributed by atoms with Crippen molar-refractivity contribution in [2.24, 2.45) is 11.8 Å². The molecule has 1 heterocycles. The first-order valence-electron chi connectivity index (χ1n) is 10.8. The number of ether oxygens (including phenoxy) is 1. The summed E-state index contributed by atoms with van der Waals surface area (Å²) >= 11 is 0. The van der Waals surface area contributed by atoms with Gasteiger partial charge in [-0.1, -0.05) is 44.4 Å². The Kier molecular flexibility index (Phi) is 6.35. The molecule has 1 aromatic heterocycles. The van der Waals surface area contributed by atoms with Gasteiger partial charge in [-0.25, -0.2) is 9.36 Å². The van der Waals surface area contributed by atoms with E-state index in [0.717, 1.165) is 30.3 Å². The van der Waals surface area contributed by atoms with E-state index in [1.807, 2.05) is 6.07 Å². The van der Waals surface area contributed by atoms with Crippen molar-refractivity contribution in [3.05, 3.63) is 29.8 Å². The predicted octanol–water partition coefficient (Wildman–Crippen LogP) is 6.31. The monoisotopic (exact) mass is 399 g/mol. The van der Waals surface area contributed by atoms with Crippen molar-refractivity contribution < 1.29 is 19.4 Å². The fraction of sp³-hybridized carbons (Fsp3) is 0.583. The summed E-state index contributed by atoms with van der Waals surface area (Å²) < 4.78 is 6.58. The minimum atomic E-state index is -0.698. The number of carbonyl (C=O) groups is 2. The molecule has 3 rings (SSSR count). The van der Waals surface area contributed by atoms with Crippen molar-refractivity contribution in [3.8, 4) is 5.88 Å². The van der Waals surface area contributed by atoms with Crippen LogP contribution in [0.15, 0.2) is 24.3 Å². The minimum absolute atomic E-state index is 0.0602. The fourth-order valence-electron chi connectivity index (χ4n) is 4.37. The Hall–Kier alpha value is -2.30. The van der Waals surface area contributed by atoms with Gasteiger partial charge in [0, 0.05) is 11.3 Å². The Morgan fingerprint density at radius 2 is 1.79 bits per heavy atom. The number of hydrogen-bond acceptors (Lipinski definition) is 4. The predicted molar refractivity (Wildman–Crippen MR) is 115 cm³/mol. The van der Waals surface area contributed by atoms with E-state index in [9.17, 15) is 14.7 Å². The van der Waals surface area contributed by atoms with Crippen molar-refractivity contribution in [1.29, 1.82) is 0 Å². The van der Waals surface area contributed by atoms with E-state index >= 15 is 0 Å². The maximum absolute atomic E-state index is 13.4. The van der Waals surface area contributed by atoms with Gasteiger partial charge in [0.25, 0.3) is 0 Å². The lowest BCUT2D eigenvalue weighted by Crippen LogP contribution is -2.27. The smallest absolute Gasteiger partial charge is 0.421 e. The molecule has 0 aliphatic heterocycles. The fourth-order valence-corrected chi connectivity index (χ4v) is 4.37. The Balaban J connectivity index is 1.89. The van der Waals surface area contributed by atoms with Crippen LogP contribution in [0.25, 0.3) is 10.9 Å². The number of benzene rings is 1. The number of fused-ring (bicyclic) bond motifs is 1. The van der Waals surface area contributed by atoms with E-state index in [1.54, 1.807) is 39.0 Å². The van der Waals surface area contributed by atoms with Crippen LogP contribution in [-0.2, 0) is 4.74 Å². The molecule has 29 heavy (non-hydrogen) atoms. The van der Waals surface area contributed by atoms with Crippen LogP contribution < -0.4 is 0 Å². The van der Waals surface area contributed by atoms with Gasteiger partial charge in [-0.15, -0.1) is 0 Å². The second kappa shape index (κ2) is 8.60. The molecule has 1 aliphatic carbocycles. The van der Waals surface area contributed by atoms with E-state index in [2.05, 4.69) is 6.92 Å². The summed E-state index contributed by atoms with van der Waals surface area (Å²) in [6.07, 6.45) is 6.82. The first kappa shape index (κ1) is 21.4. The van der Waals surface area contributed by atoms with E-state index < -0.39 is 11.7 Å². The van der Waals surface area contributed by atoms with Crippen LogP contribution in [-0.4, -0.2) is 27.2 Å². The standard InChI is InChI=1S/C24H33NO4/c1-5-6-9-16-12-14-17(15-13-16)21(26)20-18-10-7-8-11-19(18)25(22(20)27)23(28)29-24(2,3)4/h7-8,10-11,16-17,27H,5-6,9,12-15H2,1-4H3. The number of nitrogens with zero attached hydrogens (tertiary/aromatic N) is 1. The van der Waals surface area contributed by atoms with Crippen molar-refractivity contribution in [1.82, 2.24) is 4.57 Å². The molecule has 5 heteroatoms. The maximum atomic E-state index is 13.4. The van der Waals surface area contributed by atoms with Crippen molar-refractivity contribution in [2.45, 2.75) is 78.2 Å². The number of aromatic nitrogens is 1. The lowest BCUT2D eigenvalue weighted by Gasteiger charge is -2.27. The zero-order chi connectivity index (χ0) is 21.2. The van der Waals surface area contributed by atoms with Gasteiger partial charge in [0.05, 0.1) is 11.1 Å². The van der Waals surface area contributed by atoms with E-state index in [4.69, 9.17) is 4.74 Å². The highest BCUT2D eigenvalue weighted by molar-refractivity contribution is 6.13. The molecule has 1 saturated carbocycles. The molecular formula is C24H33NO4. The molecule has 0 bridgehead atoms. The molecule has 0 spiro atoms. The van der Waals surface area contributed by atoms with Crippen molar-refractivity contribution in [2.75, 3.05) is 0 Å². The van der Waals surface area contributed by atoms with Gasteiger partial charge in [-0.3, -0.25) is 4.79 Å². The van der Waals surface area contributed by atoms with Crippen LogP contribution in [0.5, 0.6) is 5.88 Å². The number of rotatable bonds is 5. The van der Waals surface area contributed by atoms with Crippen molar-refractivity contribution in [3.63, 3.8) is 0 Å². The molecule has 0 radical (unpaired) electrons. The Bertz CT molecular complexity index is 882. The van der Waals surface area contributed by atoms with E-state index in [1.165, 1.54) is 19.3 Å². The number of hydrogen-bond donors (Lipinski definition) is 1. The topological polar surface area (TPSA) is 68.5 Å². The summed E-state index contributed by atoms with van der Waals surface area (Å²) in [6.45, 7) is 7.53. The lowest BCUT2D eigenvalue weighted by molar-refractivity contribution is 0.0533. The van der Waals surface area contributed by atoms with E-state index in [0.29, 0.717) is 16.8 Å². The molecule has 2 aromatic rings. The van der Waals surface area contributed by atoms with Crippen LogP contribution in [0, 0.1) is 11.8 Å². The highest BCUT2D eigenvalue weighted by Gasteiger charge is 2.33. The third-order valence-corrected chi connectivity index (χ3v) is 5.86. The van der Waals surface area contributed by atoms with Gasteiger partial charge in [0.15, 0.2) is 5.78 Å². The summed E-state index contributed by atoms with van der Waals surface area (Å²) in [5.74, 6) is 0.237. The van der Waals surface area contributed by atoms with Gasteiger partial charge in [-0.05, 0) is 58.4 Å². The summed E-state index contributed by atoms with van der Waals surface area (Å²) in [6, 6.07) is 7.13. The molecule has 5 nitrogen and oxygen atoms in total. The SMILES string of the molecule is CCCCC1CCC(C(=O)c2c(O)n(C(=O)OC(C)(C)C)c3ccccc23)CC1. The van der Waals surface area contributed by atoms with Gasteiger partial charge >= 0.3 is 6.09 Å². The molecule has 1 N–H and O–H groups in total. The van der Waals surface area contributed by atoms with E-state index in [-0.39, 0.29) is 23.1 Å². The van der Waals surface area contributed by atoms with Gasteiger partial charge in [0.2, 0.25) is 5.88 Å². The van der Waals surface area contributed by atoms with Gasteiger partial charge in [-0.2, -0.15) is 0 Å². The quantitative estimate of drug-likeness (QED) is 0.598. The van der Waals surface area contributed by atoms with Crippen LogP contribution in [0.2, 0.25) is 0 Å². The van der Waals surface area contributed by atoms with Gasteiger partial charge in [0.1, 0.15) is 5.60 Å². The average molecular weight is 400 g/mol. The Labute approximate surface area is 173 Å². The number of carbonyl (C=O) groups excluding carboxylic acids is 2. The molecule has 1 aliphatic rings. The molecule has 1 aromatic carbocycles. The first-order chi connectivity index (χ1) is 13.7.